The zero-order valence-corrected chi connectivity index (χ0v) is 10.6. The van der Waals surface area contributed by atoms with Gasteiger partial charge in [-0.25, -0.2) is 9.97 Å². The van der Waals surface area contributed by atoms with Gasteiger partial charge in [-0.2, -0.15) is 4.98 Å². The minimum absolute atomic E-state index is 0.180. The first-order valence-corrected chi connectivity index (χ1v) is 5.86. The van der Waals surface area contributed by atoms with Crippen LogP contribution in [0.1, 0.15) is 12.1 Å². The van der Waals surface area contributed by atoms with Crippen molar-refractivity contribution in [2.24, 2.45) is 0 Å². The van der Waals surface area contributed by atoms with E-state index < -0.39 is 6.29 Å². The SMILES string of the molecule is COc1nc(C)nc2c1ncn2[C@H]1CO[C@@H](CO)O1. The molecule has 19 heavy (non-hydrogen) atoms. The van der Waals surface area contributed by atoms with Gasteiger partial charge in [0.15, 0.2) is 23.7 Å². The quantitative estimate of drug-likeness (QED) is 0.836. The van der Waals surface area contributed by atoms with Gasteiger partial charge in [0, 0.05) is 0 Å². The molecule has 2 aromatic rings. The Bertz CT molecular complexity index is 600. The number of imidazole rings is 1. The molecule has 2 atom stereocenters. The van der Waals surface area contributed by atoms with Crippen molar-refractivity contribution in [2.45, 2.75) is 19.4 Å². The zero-order valence-electron chi connectivity index (χ0n) is 10.6. The number of ether oxygens (including phenoxy) is 3. The van der Waals surface area contributed by atoms with E-state index in [2.05, 4.69) is 15.0 Å². The second-order valence-corrected chi connectivity index (χ2v) is 4.14. The third-order valence-corrected chi connectivity index (χ3v) is 2.89. The minimum atomic E-state index is -0.604. The van der Waals surface area contributed by atoms with Crippen molar-refractivity contribution in [3.05, 3.63) is 12.2 Å². The number of nitrogens with zero attached hydrogens (tertiary/aromatic N) is 4. The third kappa shape index (κ3) is 2.03. The lowest BCUT2D eigenvalue weighted by Crippen LogP contribution is -2.15. The summed E-state index contributed by atoms with van der Waals surface area (Å²) in [4.78, 5) is 12.8. The largest absolute Gasteiger partial charge is 0.479 e. The van der Waals surface area contributed by atoms with Gasteiger partial charge >= 0.3 is 0 Å². The molecule has 0 amide bonds. The number of aliphatic hydroxyl groups excluding tert-OH is 1. The van der Waals surface area contributed by atoms with Gasteiger partial charge in [0.25, 0.3) is 0 Å². The smallest absolute Gasteiger partial charge is 0.245 e. The Labute approximate surface area is 109 Å². The highest BCUT2D eigenvalue weighted by Gasteiger charge is 2.28. The topological polar surface area (TPSA) is 91.5 Å². The van der Waals surface area contributed by atoms with Crippen LogP contribution in [0.4, 0.5) is 0 Å². The van der Waals surface area contributed by atoms with Crippen LogP contribution in [0.2, 0.25) is 0 Å². The van der Waals surface area contributed by atoms with E-state index in [1.807, 2.05) is 0 Å². The summed E-state index contributed by atoms with van der Waals surface area (Å²) >= 11 is 0. The van der Waals surface area contributed by atoms with Gasteiger partial charge in [-0.05, 0) is 6.92 Å². The van der Waals surface area contributed by atoms with E-state index in [0.717, 1.165) is 0 Å². The van der Waals surface area contributed by atoms with Crippen LogP contribution >= 0.6 is 0 Å². The predicted octanol–water partition coefficient (Wildman–Crippen LogP) is 0.00712. The molecule has 1 fully saturated rings. The van der Waals surface area contributed by atoms with Crippen molar-refractivity contribution >= 4 is 11.2 Å². The fraction of sp³-hybridized carbons (Fsp3) is 0.545. The first-order valence-electron chi connectivity index (χ1n) is 5.86. The number of aromatic nitrogens is 4. The summed E-state index contributed by atoms with van der Waals surface area (Å²) in [5.41, 5.74) is 1.20. The summed E-state index contributed by atoms with van der Waals surface area (Å²) in [5, 5.41) is 9.00. The maximum Gasteiger partial charge on any atom is 0.245 e. The summed E-state index contributed by atoms with van der Waals surface area (Å²) in [6, 6.07) is 0. The van der Waals surface area contributed by atoms with Crippen molar-refractivity contribution in [1.29, 1.82) is 0 Å². The van der Waals surface area contributed by atoms with Gasteiger partial charge in [0.1, 0.15) is 5.82 Å². The Morgan fingerprint density at radius 3 is 3.05 bits per heavy atom. The summed E-state index contributed by atoms with van der Waals surface area (Å²) in [6.07, 6.45) is 0.642. The van der Waals surface area contributed by atoms with Gasteiger partial charge in [0.05, 0.1) is 26.7 Å². The van der Waals surface area contributed by atoms with Crippen LogP contribution in [-0.2, 0) is 9.47 Å². The Morgan fingerprint density at radius 2 is 2.37 bits per heavy atom. The summed E-state index contributed by atoms with van der Waals surface area (Å²) < 4.78 is 17.7. The van der Waals surface area contributed by atoms with Crippen LogP contribution in [0.3, 0.4) is 0 Å². The maximum absolute atomic E-state index is 9.00. The number of aliphatic hydroxyl groups is 1. The molecular weight excluding hydrogens is 252 g/mol. The van der Waals surface area contributed by atoms with Crippen molar-refractivity contribution < 1.29 is 19.3 Å². The Kier molecular flexibility index (Phi) is 3.05. The Balaban J connectivity index is 2.03. The maximum atomic E-state index is 9.00. The molecule has 0 unspecified atom stereocenters. The van der Waals surface area contributed by atoms with Crippen LogP contribution < -0.4 is 4.74 Å². The van der Waals surface area contributed by atoms with E-state index in [0.29, 0.717) is 29.5 Å². The molecule has 3 heterocycles. The van der Waals surface area contributed by atoms with Crippen LogP contribution in [0.5, 0.6) is 5.88 Å². The number of hydrogen-bond acceptors (Lipinski definition) is 7. The zero-order chi connectivity index (χ0) is 13.4. The van der Waals surface area contributed by atoms with E-state index in [1.54, 1.807) is 17.8 Å². The fourth-order valence-corrected chi connectivity index (χ4v) is 2.03. The fourth-order valence-electron chi connectivity index (χ4n) is 2.03. The molecule has 8 heteroatoms. The molecule has 1 aliphatic heterocycles. The second-order valence-electron chi connectivity index (χ2n) is 4.14. The van der Waals surface area contributed by atoms with Gasteiger partial charge in [-0.3, -0.25) is 4.57 Å². The van der Waals surface area contributed by atoms with Crippen molar-refractivity contribution in [3.63, 3.8) is 0 Å². The highest BCUT2D eigenvalue weighted by molar-refractivity contribution is 5.76. The van der Waals surface area contributed by atoms with E-state index in [-0.39, 0.29) is 12.8 Å². The Hall–Kier alpha value is -1.77. The Morgan fingerprint density at radius 1 is 1.53 bits per heavy atom. The summed E-state index contributed by atoms with van der Waals surface area (Å²) in [7, 11) is 1.54. The standard InChI is InChI=1S/C11H14N4O4/c1-6-13-10-9(11(14-6)17-2)12-5-15(10)7-4-18-8(3-16)19-7/h5,7-8,16H,3-4H2,1-2H3/t7-,8-/m1/s1. The molecular formula is C11H14N4O4. The highest BCUT2D eigenvalue weighted by atomic mass is 16.7. The third-order valence-electron chi connectivity index (χ3n) is 2.89. The summed E-state index contributed by atoms with van der Waals surface area (Å²) in [6.45, 7) is 1.93. The first-order chi connectivity index (χ1) is 9.22. The molecule has 1 N–H and O–H groups in total. The average molecular weight is 266 g/mol. The number of fused-ring (bicyclic) bond motifs is 1. The number of rotatable bonds is 3. The average Bonchev–Trinajstić information content (AvgIpc) is 3.03. The number of aryl methyl sites for hydroxylation is 1. The monoisotopic (exact) mass is 266 g/mol. The lowest BCUT2D eigenvalue weighted by Gasteiger charge is -2.11. The first kappa shape index (κ1) is 12.3. The van der Waals surface area contributed by atoms with Crippen LogP contribution in [0, 0.1) is 6.92 Å². The number of hydrogen-bond donors (Lipinski definition) is 1. The predicted molar refractivity (Wildman–Crippen MR) is 63.6 cm³/mol. The molecule has 0 aliphatic carbocycles. The van der Waals surface area contributed by atoms with Gasteiger partial charge < -0.3 is 19.3 Å². The molecule has 102 valence electrons. The molecule has 0 radical (unpaired) electrons. The molecule has 0 spiro atoms. The van der Waals surface area contributed by atoms with Crippen molar-refractivity contribution in [1.82, 2.24) is 19.5 Å². The molecule has 2 aromatic heterocycles. The van der Waals surface area contributed by atoms with Gasteiger partial charge in [0.2, 0.25) is 5.88 Å². The van der Waals surface area contributed by atoms with Crippen LogP contribution in [0.25, 0.3) is 11.2 Å². The minimum Gasteiger partial charge on any atom is -0.479 e. The van der Waals surface area contributed by atoms with E-state index in [4.69, 9.17) is 19.3 Å². The van der Waals surface area contributed by atoms with E-state index >= 15 is 0 Å². The van der Waals surface area contributed by atoms with Gasteiger partial charge in [-0.1, -0.05) is 0 Å². The highest BCUT2D eigenvalue weighted by Crippen LogP contribution is 2.27. The summed E-state index contributed by atoms with van der Waals surface area (Å²) in [5.74, 6) is 1.02. The molecule has 3 rings (SSSR count). The lowest BCUT2D eigenvalue weighted by molar-refractivity contribution is -0.0980. The molecule has 0 bridgehead atoms. The van der Waals surface area contributed by atoms with Crippen LogP contribution in [-0.4, -0.2) is 51.2 Å². The van der Waals surface area contributed by atoms with E-state index in [9.17, 15) is 0 Å². The van der Waals surface area contributed by atoms with Crippen LogP contribution in [0.15, 0.2) is 6.33 Å². The molecule has 0 saturated carbocycles. The lowest BCUT2D eigenvalue weighted by atomic mass is 10.4. The molecule has 0 aromatic carbocycles. The molecule has 8 nitrogen and oxygen atoms in total. The number of methoxy groups -OCH3 is 1. The van der Waals surface area contributed by atoms with Gasteiger partial charge in [-0.15, -0.1) is 0 Å². The molecule has 1 saturated heterocycles. The van der Waals surface area contributed by atoms with Crippen molar-refractivity contribution in [3.8, 4) is 5.88 Å². The van der Waals surface area contributed by atoms with E-state index in [1.165, 1.54) is 7.11 Å². The molecule has 1 aliphatic rings. The second kappa shape index (κ2) is 4.72. The van der Waals surface area contributed by atoms with Crippen molar-refractivity contribution in [2.75, 3.05) is 20.3 Å². The normalized spacial score (nSPS) is 23.1.